The summed E-state index contributed by atoms with van der Waals surface area (Å²) in [6.45, 7) is 11.4. The van der Waals surface area contributed by atoms with E-state index in [-0.39, 0.29) is 23.2 Å². The summed E-state index contributed by atoms with van der Waals surface area (Å²) in [6, 6.07) is 11.1. The summed E-state index contributed by atoms with van der Waals surface area (Å²) >= 11 is 1.36. The molecule has 0 aliphatic carbocycles. The van der Waals surface area contributed by atoms with Crippen LogP contribution in [0.15, 0.2) is 41.3 Å². The first kappa shape index (κ1) is 27.2. The van der Waals surface area contributed by atoms with E-state index in [0.29, 0.717) is 23.6 Å². The van der Waals surface area contributed by atoms with E-state index in [1.807, 2.05) is 26.0 Å². The number of halogens is 1. The number of benzene rings is 2. The number of likely N-dealkylation sites (N-methyl/N-ethyl adjacent to an activating group) is 1. The van der Waals surface area contributed by atoms with Crippen molar-refractivity contribution in [3.8, 4) is 0 Å². The van der Waals surface area contributed by atoms with Gasteiger partial charge in [-0.2, -0.15) is 0 Å². The summed E-state index contributed by atoms with van der Waals surface area (Å²) in [7, 11) is -3.31. The van der Waals surface area contributed by atoms with E-state index in [1.165, 1.54) is 23.2 Å². The van der Waals surface area contributed by atoms with Crippen LogP contribution in [0.5, 0.6) is 0 Å². The van der Waals surface area contributed by atoms with E-state index < -0.39 is 9.84 Å². The first-order valence-corrected chi connectivity index (χ1v) is 13.5. The van der Waals surface area contributed by atoms with Crippen LogP contribution < -0.4 is 4.90 Å². The van der Waals surface area contributed by atoms with Crippen molar-refractivity contribution in [2.75, 3.05) is 37.3 Å². The molecule has 1 aromatic heterocycles. The van der Waals surface area contributed by atoms with Crippen LogP contribution in [0.4, 0.5) is 5.13 Å². The third kappa shape index (κ3) is 6.76. The van der Waals surface area contributed by atoms with Crippen LogP contribution in [-0.2, 0) is 21.1 Å². The van der Waals surface area contributed by atoms with Crippen LogP contribution in [0.25, 0.3) is 10.2 Å². The Morgan fingerprint density at radius 3 is 2.33 bits per heavy atom. The molecule has 3 rings (SSSR count). The van der Waals surface area contributed by atoms with Crippen LogP contribution in [0.1, 0.15) is 30.5 Å². The largest absolute Gasteiger partial charge is 0.302 e. The molecule has 1 amide bonds. The van der Waals surface area contributed by atoms with Gasteiger partial charge >= 0.3 is 0 Å². The summed E-state index contributed by atoms with van der Waals surface area (Å²) in [6.07, 6.45) is 1.49. The number of thiazole rings is 1. The van der Waals surface area contributed by atoms with Gasteiger partial charge in [0.25, 0.3) is 0 Å². The fourth-order valence-corrected chi connectivity index (χ4v) is 5.42. The Bertz CT molecular complexity index is 1220. The lowest BCUT2D eigenvalue weighted by Crippen LogP contribution is -2.39. The molecule has 3 aromatic rings. The lowest BCUT2D eigenvalue weighted by molar-refractivity contribution is -0.118. The number of hydrogen-bond acceptors (Lipinski definition) is 6. The molecular weight excluding hydrogens is 478 g/mol. The molecule has 0 spiro atoms. The van der Waals surface area contributed by atoms with Gasteiger partial charge in [0, 0.05) is 19.3 Å². The fraction of sp³-hybridized carbons (Fsp3) is 0.417. The minimum atomic E-state index is -3.31. The summed E-state index contributed by atoms with van der Waals surface area (Å²) < 4.78 is 24.6. The molecule has 180 valence electrons. The Morgan fingerprint density at radius 1 is 1.03 bits per heavy atom. The van der Waals surface area contributed by atoms with Gasteiger partial charge in [-0.25, -0.2) is 13.4 Å². The standard InChI is InChI=1S/C24H31N3O3S2.ClH/c1-6-26(7-2)12-13-27(23(28)15-19-9-8-17(3)14-18(19)4)24-25-21-11-10-20(32(5,29)30)16-22(21)31-24;/h8-11,14,16H,6-7,12-13,15H2,1-5H3;1H. The zero-order chi connectivity index (χ0) is 23.5. The van der Waals surface area contributed by atoms with E-state index in [9.17, 15) is 13.2 Å². The zero-order valence-corrected chi connectivity index (χ0v) is 22.2. The maximum atomic E-state index is 13.4. The van der Waals surface area contributed by atoms with Crippen LogP contribution in [-0.4, -0.2) is 56.6 Å². The number of aryl methyl sites for hydroxylation is 2. The predicted octanol–water partition coefficient (Wildman–Crippen LogP) is 4.66. The first-order valence-electron chi connectivity index (χ1n) is 10.8. The molecule has 0 radical (unpaired) electrons. The lowest BCUT2D eigenvalue weighted by Gasteiger charge is -2.25. The first-order chi connectivity index (χ1) is 15.1. The summed E-state index contributed by atoms with van der Waals surface area (Å²) in [5.41, 5.74) is 3.98. The van der Waals surface area contributed by atoms with Gasteiger partial charge < -0.3 is 4.90 Å². The van der Waals surface area contributed by atoms with Crippen molar-refractivity contribution in [2.45, 2.75) is 39.0 Å². The number of carbonyl (C=O) groups excluding carboxylic acids is 1. The molecule has 0 unspecified atom stereocenters. The highest BCUT2D eigenvalue weighted by Crippen LogP contribution is 2.31. The Morgan fingerprint density at radius 2 is 1.73 bits per heavy atom. The highest BCUT2D eigenvalue weighted by atomic mass is 35.5. The van der Waals surface area contributed by atoms with Gasteiger partial charge in [-0.05, 0) is 56.3 Å². The minimum Gasteiger partial charge on any atom is -0.302 e. The summed E-state index contributed by atoms with van der Waals surface area (Å²) in [5.74, 6) is -0.00787. The Labute approximate surface area is 207 Å². The summed E-state index contributed by atoms with van der Waals surface area (Å²) in [5, 5.41) is 0.604. The van der Waals surface area contributed by atoms with Crippen molar-refractivity contribution in [3.63, 3.8) is 0 Å². The number of sulfone groups is 1. The number of anilines is 1. The van der Waals surface area contributed by atoms with Crippen LogP contribution in [0, 0.1) is 13.8 Å². The molecule has 0 fully saturated rings. The van der Waals surface area contributed by atoms with Gasteiger partial charge in [0.05, 0.1) is 21.5 Å². The second-order valence-corrected chi connectivity index (χ2v) is 11.1. The SMILES string of the molecule is CCN(CC)CCN(C(=O)Cc1ccc(C)cc1C)c1nc2ccc(S(C)(=O)=O)cc2s1.Cl. The molecule has 0 bridgehead atoms. The quantitative estimate of drug-likeness (QED) is 0.419. The number of fused-ring (bicyclic) bond motifs is 1. The van der Waals surface area contributed by atoms with Crippen LogP contribution in [0.3, 0.4) is 0 Å². The Hall–Kier alpha value is -2.00. The average Bonchev–Trinajstić information content (AvgIpc) is 3.15. The van der Waals surface area contributed by atoms with Crippen molar-refractivity contribution in [2.24, 2.45) is 0 Å². The number of aromatic nitrogens is 1. The van der Waals surface area contributed by atoms with Gasteiger partial charge in [-0.3, -0.25) is 9.69 Å². The number of amides is 1. The van der Waals surface area contributed by atoms with E-state index in [0.717, 1.165) is 35.5 Å². The van der Waals surface area contributed by atoms with Gasteiger partial charge in [0.2, 0.25) is 5.91 Å². The van der Waals surface area contributed by atoms with E-state index in [2.05, 4.69) is 29.8 Å². The van der Waals surface area contributed by atoms with Crippen molar-refractivity contribution in [3.05, 3.63) is 53.1 Å². The molecule has 2 aromatic carbocycles. The molecule has 33 heavy (non-hydrogen) atoms. The highest BCUT2D eigenvalue weighted by molar-refractivity contribution is 7.90. The van der Waals surface area contributed by atoms with Gasteiger partial charge in [0.15, 0.2) is 15.0 Å². The molecular formula is C24H32ClN3O3S2. The normalized spacial score (nSPS) is 11.6. The predicted molar refractivity (Wildman–Crippen MR) is 140 cm³/mol. The topological polar surface area (TPSA) is 70.6 Å². The monoisotopic (exact) mass is 509 g/mol. The van der Waals surface area contributed by atoms with Crippen LogP contribution in [0.2, 0.25) is 0 Å². The maximum absolute atomic E-state index is 13.4. The number of hydrogen-bond donors (Lipinski definition) is 0. The van der Waals surface area contributed by atoms with E-state index >= 15 is 0 Å². The molecule has 0 aliphatic rings. The molecule has 0 N–H and O–H groups in total. The molecule has 0 saturated carbocycles. The number of carbonyl (C=O) groups is 1. The summed E-state index contributed by atoms with van der Waals surface area (Å²) in [4.78, 5) is 22.4. The molecule has 0 atom stereocenters. The smallest absolute Gasteiger partial charge is 0.233 e. The highest BCUT2D eigenvalue weighted by Gasteiger charge is 2.22. The second kappa shape index (κ2) is 11.4. The van der Waals surface area contributed by atoms with E-state index in [4.69, 9.17) is 0 Å². The maximum Gasteiger partial charge on any atom is 0.233 e. The molecule has 1 heterocycles. The average molecular weight is 510 g/mol. The van der Waals surface area contributed by atoms with Crippen molar-refractivity contribution < 1.29 is 13.2 Å². The molecule has 9 heteroatoms. The van der Waals surface area contributed by atoms with Gasteiger partial charge in [0.1, 0.15) is 0 Å². The third-order valence-electron chi connectivity index (χ3n) is 5.68. The Balaban J connectivity index is 0.00000385. The minimum absolute atomic E-state index is 0. The second-order valence-electron chi connectivity index (χ2n) is 8.08. The van der Waals surface area contributed by atoms with Crippen LogP contribution >= 0.6 is 23.7 Å². The van der Waals surface area contributed by atoms with Crippen molar-refractivity contribution >= 4 is 54.8 Å². The van der Waals surface area contributed by atoms with Crippen molar-refractivity contribution in [1.29, 1.82) is 0 Å². The van der Waals surface area contributed by atoms with E-state index in [1.54, 1.807) is 23.1 Å². The molecule has 0 saturated heterocycles. The molecule has 0 aliphatic heterocycles. The Kier molecular flexibility index (Phi) is 9.43. The fourth-order valence-electron chi connectivity index (χ4n) is 3.65. The molecule has 6 nitrogen and oxygen atoms in total. The van der Waals surface area contributed by atoms with Gasteiger partial charge in [-0.1, -0.05) is 48.9 Å². The zero-order valence-electron chi connectivity index (χ0n) is 19.8. The number of rotatable bonds is 9. The third-order valence-corrected chi connectivity index (χ3v) is 7.83. The van der Waals surface area contributed by atoms with Gasteiger partial charge in [-0.15, -0.1) is 12.4 Å². The lowest BCUT2D eigenvalue weighted by atomic mass is 10.0. The van der Waals surface area contributed by atoms with Crippen molar-refractivity contribution in [1.82, 2.24) is 9.88 Å². The number of nitrogens with zero attached hydrogens (tertiary/aromatic N) is 3.